The van der Waals surface area contributed by atoms with Gasteiger partial charge in [-0.1, -0.05) is 18.2 Å². The van der Waals surface area contributed by atoms with Gasteiger partial charge in [-0.15, -0.1) is 11.3 Å². The van der Waals surface area contributed by atoms with Crippen LogP contribution in [0.25, 0.3) is 11.0 Å². The van der Waals surface area contributed by atoms with Gasteiger partial charge in [0.2, 0.25) is 5.91 Å². The number of benzene rings is 1. The van der Waals surface area contributed by atoms with E-state index in [1.165, 1.54) is 4.57 Å². The number of amides is 1. The maximum Gasteiger partial charge on any atom is 0.326 e. The van der Waals surface area contributed by atoms with Gasteiger partial charge >= 0.3 is 5.69 Å². The molecule has 6 heteroatoms. The lowest BCUT2D eigenvalue weighted by molar-refractivity contribution is -0.121. The molecule has 0 aliphatic carbocycles. The molecule has 3 aromatic rings. The van der Waals surface area contributed by atoms with E-state index in [9.17, 15) is 9.59 Å². The van der Waals surface area contributed by atoms with Crippen molar-refractivity contribution in [1.29, 1.82) is 0 Å². The lowest BCUT2D eigenvalue weighted by Gasteiger charge is -2.05. The van der Waals surface area contributed by atoms with Crippen molar-refractivity contribution in [2.75, 3.05) is 0 Å². The lowest BCUT2D eigenvalue weighted by atomic mass is 10.3. The summed E-state index contributed by atoms with van der Waals surface area (Å²) in [5.41, 5.74) is 1.21. The molecule has 0 unspecified atom stereocenters. The zero-order valence-corrected chi connectivity index (χ0v) is 11.4. The Morgan fingerprint density at radius 3 is 2.90 bits per heavy atom. The number of para-hydroxylation sites is 2. The van der Waals surface area contributed by atoms with Gasteiger partial charge in [0.15, 0.2) is 0 Å². The molecule has 2 heterocycles. The van der Waals surface area contributed by atoms with Crippen LogP contribution in [-0.2, 0) is 17.9 Å². The van der Waals surface area contributed by atoms with Crippen molar-refractivity contribution < 1.29 is 4.79 Å². The van der Waals surface area contributed by atoms with Crippen molar-refractivity contribution in [2.24, 2.45) is 0 Å². The van der Waals surface area contributed by atoms with E-state index in [0.717, 1.165) is 15.9 Å². The minimum atomic E-state index is -0.266. The maximum absolute atomic E-state index is 11.9. The number of carbonyl (C=O) groups excluding carboxylic acids is 1. The predicted octanol–water partition coefficient (Wildman–Crippen LogP) is 1.71. The molecule has 5 nitrogen and oxygen atoms in total. The maximum atomic E-state index is 11.9. The Kier molecular flexibility index (Phi) is 3.39. The third-order valence-corrected chi connectivity index (χ3v) is 3.90. The van der Waals surface area contributed by atoms with E-state index in [1.54, 1.807) is 11.3 Å². The van der Waals surface area contributed by atoms with Gasteiger partial charge in [0.05, 0.1) is 17.6 Å². The van der Waals surface area contributed by atoms with Gasteiger partial charge in [0, 0.05) is 4.88 Å². The van der Waals surface area contributed by atoms with Crippen LogP contribution >= 0.6 is 11.3 Å². The fraction of sp³-hybridized carbons (Fsp3) is 0.143. The van der Waals surface area contributed by atoms with Gasteiger partial charge in [-0.2, -0.15) is 0 Å². The topological polar surface area (TPSA) is 66.9 Å². The number of aromatic nitrogens is 2. The number of hydrogen-bond acceptors (Lipinski definition) is 3. The van der Waals surface area contributed by atoms with Crippen molar-refractivity contribution in [3.63, 3.8) is 0 Å². The van der Waals surface area contributed by atoms with Crippen LogP contribution in [0.2, 0.25) is 0 Å². The summed E-state index contributed by atoms with van der Waals surface area (Å²) in [4.78, 5) is 27.6. The lowest BCUT2D eigenvalue weighted by Crippen LogP contribution is -2.30. The molecular weight excluding hydrogens is 274 g/mol. The quantitative estimate of drug-likeness (QED) is 0.767. The summed E-state index contributed by atoms with van der Waals surface area (Å²) in [6, 6.07) is 11.2. The van der Waals surface area contributed by atoms with Crippen molar-refractivity contribution >= 4 is 28.3 Å². The minimum absolute atomic E-state index is 0.0220. The van der Waals surface area contributed by atoms with E-state index in [2.05, 4.69) is 10.3 Å². The molecule has 0 saturated heterocycles. The van der Waals surface area contributed by atoms with Crippen LogP contribution in [0.4, 0.5) is 0 Å². The highest BCUT2D eigenvalue weighted by molar-refractivity contribution is 7.09. The molecule has 20 heavy (non-hydrogen) atoms. The summed E-state index contributed by atoms with van der Waals surface area (Å²) >= 11 is 1.59. The first-order chi connectivity index (χ1) is 9.74. The van der Waals surface area contributed by atoms with Gasteiger partial charge in [-0.25, -0.2) is 4.79 Å². The number of thiophene rings is 1. The third kappa shape index (κ3) is 2.50. The first-order valence-corrected chi connectivity index (χ1v) is 7.08. The van der Waals surface area contributed by atoms with E-state index in [4.69, 9.17) is 0 Å². The molecule has 2 aromatic heterocycles. The number of aromatic amines is 1. The molecule has 0 spiro atoms. The summed E-state index contributed by atoms with van der Waals surface area (Å²) in [5.74, 6) is -0.176. The molecule has 0 radical (unpaired) electrons. The number of imidazole rings is 1. The Labute approximate surface area is 118 Å². The van der Waals surface area contributed by atoms with Gasteiger partial charge < -0.3 is 10.3 Å². The Morgan fingerprint density at radius 2 is 2.10 bits per heavy atom. The number of carbonyl (C=O) groups is 1. The van der Waals surface area contributed by atoms with E-state index < -0.39 is 0 Å². The summed E-state index contributed by atoms with van der Waals surface area (Å²) < 4.78 is 1.44. The summed E-state index contributed by atoms with van der Waals surface area (Å²) in [6.45, 7) is 0.516. The molecule has 0 saturated carbocycles. The number of fused-ring (bicyclic) bond motifs is 1. The molecule has 1 amide bonds. The van der Waals surface area contributed by atoms with Crippen molar-refractivity contribution in [3.8, 4) is 0 Å². The number of nitrogens with zero attached hydrogens (tertiary/aromatic N) is 1. The normalized spacial score (nSPS) is 10.8. The molecule has 0 aliphatic heterocycles. The Balaban J connectivity index is 1.74. The van der Waals surface area contributed by atoms with E-state index in [1.807, 2.05) is 41.8 Å². The number of H-pyrrole nitrogens is 1. The first-order valence-electron chi connectivity index (χ1n) is 6.20. The molecule has 2 N–H and O–H groups in total. The Hall–Kier alpha value is -2.34. The predicted molar refractivity (Wildman–Crippen MR) is 78.7 cm³/mol. The molecule has 0 fully saturated rings. The molecule has 3 rings (SSSR count). The highest BCUT2D eigenvalue weighted by Gasteiger charge is 2.10. The second-order valence-electron chi connectivity index (χ2n) is 4.39. The van der Waals surface area contributed by atoms with Gasteiger partial charge in [0.25, 0.3) is 0 Å². The third-order valence-electron chi connectivity index (χ3n) is 3.02. The van der Waals surface area contributed by atoms with Crippen LogP contribution in [0.15, 0.2) is 46.6 Å². The van der Waals surface area contributed by atoms with Crippen LogP contribution in [0, 0.1) is 0 Å². The summed E-state index contributed by atoms with van der Waals surface area (Å²) in [7, 11) is 0. The number of hydrogen-bond donors (Lipinski definition) is 2. The van der Waals surface area contributed by atoms with E-state index in [0.29, 0.717) is 6.54 Å². The monoisotopic (exact) mass is 287 g/mol. The average molecular weight is 287 g/mol. The molecule has 0 bridgehead atoms. The molecular formula is C14H13N3O2S. The van der Waals surface area contributed by atoms with E-state index in [-0.39, 0.29) is 18.1 Å². The zero-order valence-electron chi connectivity index (χ0n) is 10.6. The highest BCUT2D eigenvalue weighted by Crippen LogP contribution is 2.09. The highest BCUT2D eigenvalue weighted by atomic mass is 32.1. The second kappa shape index (κ2) is 5.34. The fourth-order valence-corrected chi connectivity index (χ4v) is 2.71. The standard InChI is InChI=1S/C14H13N3O2S/c18-13(15-8-10-4-3-7-20-10)9-17-12-6-2-1-5-11(12)16-14(17)19/h1-7H,8-9H2,(H,15,18)(H,16,19). The van der Waals surface area contributed by atoms with Crippen molar-refractivity contribution in [1.82, 2.24) is 14.9 Å². The average Bonchev–Trinajstić information content (AvgIpc) is 3.06. The Bertz CT molecular complexity index is 786. The van der Waals surface area contributed by atoms with Crippen LogP contribution < -0.4 is 11.0 Å². The summed E-state index contributed by atoms with van der Waals surface area (Å²) in [5, 5.41) is 4.78. The smallest absolute Gasteiger partial charge is 0.326 e. The largest absolute Gasteiger partial charge is 0.350 e. The zero-order chi connectivity index (χ0) is 13.9. The van der Waals surface area contributed by atoms with Crippen molar-refractivity contribution in [2.45, 2.75) is 13.1 Å². The van der Waals surface area contributed by atoms with Gasteiger partial charge in [-0.3, -0.25) is 9.36 Å². The number of rotatable bonds is 4. The number of nitrogens with one attached hydrogen (secondary N) is 2. The first kappa shape index (κ1) is 12.7. The Morgan fingerprint density at radius 1 is 1.25 bits per heavy atom. The van der Waals surface area contributed by atoms with Crippen LogP contribution in [0.5, 0.6) is 0 Å². The van der Waals surface area contributed by atoms with Gasteiger partial charge in [-0.05, 0) is 23.6 Å². The fourth-order valence-electron chi connectivity index (χ4n) is 2.06. The second-order valence-corrected chi connectivity index (χ2v) is 5.42. The molecule has 0 aliphatic rings. The van der Waals surface area contributed by atoms with Gasteiger partial charge in [0.1, 0.15) is 6.54 Å². The minimum Gasteiger partial charge on any atom is -0.350 e. The molecule has 1 aromatic carbocycles. The summed E-state index contributed by atoms with van der Waals surface area (Å²) in [6.07, 6.45) is 0. The van der Waals surface area contributed by atoms with Crippen LogP contribution in [-0.4, -0.2) is 15.5 Å². The van der Waals surface area contributed by atoms with Crippen molar-refractivity contribution in [3.05, 3.63) is 57.1 Å². The van der Waals surface area contributed by atoms with Crippen LogP contribution in [0.3, 0.4) is 0 Å². The SMILES string of the molecule is O=C(Cn1c(=O)[nH]c2ccccc21)NCc1cccs1. The molecule has 0 atom stereocenters. The van der Waals surface area contributed by atoms with E-state index >= 15 is 0 Å². The molecule has 102 valence electrons. The van der Waals surface area contributed by atoms with Crippen LogP contribution in [0.1, 0.15) is 4.88 Å².